The topological polar surface area (TPSA) is 70.1 Å². The first-order valence-electron chi connectivity index (χ1n) is 8.31. The van der Waals surface area contributed by atoms with Crippen LogP contribution in [0.4, 0.5) is 5.69 Å². The van der Waals surface area contributed by atoms with Gasteiger partial charge >= 0.3 is 0 Å². The normalized spacial score (nSPS) is 12.8. The molecule has 0 saturated heterocycles. The predicted molar refractivity (Wildman–Crippen MR) is 103 cm³/mol. The van der Waals surface area contributed by atoms with Gasteiger partial charge in [0.2, 0.25) is 0 Å². The summed E-state index contributed by atoms with van der Waals surface area (Å²) < 4.78 is 33.1. The minimum Gasteiger partial charge on any atom is -0.495 e. The van der Waals surface area contributed by atoms with E-state index in [4.69, 9.17) is 4.74 Å². The molecule has 0 amide bonds. The van der Waals surface area contributed by atoms with E-state index >= 15 is 0 Å². The molecule has 2 aromatic rings. The van der Waals surface area contributed by atoms with Crippen LogP contribution >= 0.6 is 0 Å². The second kappa shape index (κ2) is 8.53. The van der Waals surface area contributed by atoms with Crippen molar-refractivity contribution in [1.29, 1.82) is 0 Å². The number of hydrogen-bond acceptors (Lipinski definition) is 5. The van der Waals surface area contributed by atoms with Gasteiger partial charge in [0.25, 0.3) is 10.0 Å². The van der Waals surface area contributed by atoms with E-state index in [0.717, 1.165) is 5.56 Å². The first-order chi connectivity index (χ1) is 12.3. The van der Waals surface area contributed by atoms with Gasteiger partial charge in [-0.2, -0.15) is 0 Å². The molecule has 7 heteroatoms. The van der Waals surface area contributed by atoms with E-state index in [0.29, 0.717) is 18.0 Å². The van der Waals surface area contributed by atoms with E-state index in [9.17, 15) is 13.5 Å². The lowest BCUT2D eigenvalue weighted by molar-refractivity contribution is 0.145. The minimum atomic E-state index is -3.86. The third-order valence-electron chi connectivity index (χ3n) is 3.92. The lowest BCUT2D eigenvalue weighted by Crippen LogP contribution is -2.41. The van der Waals surface area contributed by atoms with Crippen molar-refractivity contribution in [2.24, 2.45) is 0 Å². The Labute approximate surface area is 155 Å². The number of rotatable bonds is 8. The van der Waals surface area contributed by atoms with Gasteiger partial charge in [-0.1, -0.05) is 29.8 Å². The Bertz CT molecular complexity index is 820. The summed E-state index contributed by atoms with van der Waals surface area (Å²) in [5.41, 5.74) is 1.37. The summed E-state index contributed by atoms with van der Waals surface area (Å²) in [5, 5.41) is 10.4. The highest BCUT2D eigenvalue weighted by atomic mass is 32.2. The molecular formula is C19H26N2O4S. The van der Waals surface area contributed by atoms with E-state index in [1.165, 1.54) is 11.4 Å². The summed E-state index contributed by atoms with van der Waals surface area (Å²) >= 11 is 0. The molecular weight excluding hydrogens is 352 g/mol. The fourth-order valence-corrected chi connectivity index (χ4v) is 4.18. The zero-order chi connectivity index (χ0) is 19.3. The van der Waals surface area contributed by atoms with Gasteiger partial charge in [-0.3, -0.25) is 4.31 Å². The summed E-state index contributed by atoms with van der Waals surface area (Å²) in [6.07, 6.45) is -0.852. The summed E-state index contributed by atoms with van der Waals surface area (Å²) in [4.78, 5) is 1.98. The second-order valence-corrected chi connectivity index (χ2v) is 8.30. The Morgan fingerprint density at radius 2 is 1.65 bits per heavy atom. The minimum absolute atomic E-state index is 0.0746. The summed E-state index contributed by atoms with van der Waals surface area (Å²) in [7, 11) is 1.28. The summed E-state index contributed by atoms with van der Waals surface area (Å²) in [5.74, 6) is 0.431. The number of aryl methyl sites for hydroxylation is 1. The highest BCUT2D eigenvalue weighted by molar-refractivity contribution is 7.92. The van der Waals surface area contributed by atoms with E-state index in [2.05, 4.69) is 0 Å². The van der Waals surface area contributed by atoms with Crippen molar-refractivity contribution < 1.29 is 18.3 Å². The van der Waals surface area contributed by atoms with Crippen LogP contribution in [0.2, 0.25) is 0 Å². The lowest BCUT2D eigenvalue weighted by Gasteiger charge is -2.29. The highest BCUT2D eigenvalue weighted by Gasteiger charge is 2.29. The van der Waals surface area contributed by atoms with Gasteiger partial charge in [0.05, 0.1) is 30.3 Å². The first-order valence-corrected chi connectivity index (χ1v) is 9.75. The Balaban J connectivity index is 2.50. The number of benzene rings is 2. The van der Waals surface area contributed by atoms with Crippen molar-refractivity contribution >= 4 is 15.7 Å². The van der Waals surface area contributed by atoms with E-state index in [1.54, 1.807) is 48.5 Å². The average molecular weight is 378 g/mol. The molecule has 142 valence electrons. The molecule has 0 heterocycles. The number of aliphatic hydroxyl groups is 1. The number of nitrogens with zero attached hydrogens (tertiary/aromatic N) is 2. The Morgan fingerprint density at radius 1 is 1.04 bits per heavy atom. The molecule has 0 aliphatic heterocycles. The van der Waals surface area contributed by atoms with E-state index in [1.807, 2.05) is 25.9 Å². The molecule has 1 N–H and O–H groups in total. The van der Waals surface area contributed by atoms with Crippen LogP contribution in [-0.4, -0.2) is 58.8 Å². The van der Waals surface area contributed by atoms with Crippen molar-refractivity contribution in [3.05, 3.63) is 54.1 Å². The zero-order valence-electron chi connectivity index (χ0n) is 15.6. The fourth-order valence-electron chi connectivity index (χ4n) is 2.67. The standard InChI is InChI=1S/C19H26N2O4S/c1-15-9-11-17(12-10-15)26(23,24)21(14-16(22)13-20(2)3)18-7-5-6-8-19(18)25-4/h5-12,16,22H,13-14H2,1-4H3/t16-/m0/s1. The summed E-state index contributed by atoms with van der Waals surface area (Å²) in [6.45, 7) is 2.17. The van der Waals surface area contributed by atoms with Gasteiger partial charge in [-0.05, 0) is 45.3 Å². The quantitative estimate of drug-likeness (QED) is 0.762. The number of likely N-dealkylation sites (N-methyl/N-ethyl adjacent to an activating group) is 1. The third kappa shape index (κ3) is 4.75. The number of ether oxygens (including phenoxy) is 1. The molecule has 2 aromatic carbocycles. The third-order valence-corrected chi connectivity index (χ3v) is 5.71. The van der Waals surface area contributed by atoms with Crippen LogP contribution in [-0.2, 0) is 10.0 Å². The van der Waals surface area contributed by atoms with Gasteiger partial charge < -0.3 is 14.7 Å². The van der Waals surface area contributed by atoms with Gasteiger partial charge in [0, 0.05) is 6.54 Å². The molecule has 0 aromatic heterocycles. The SMILES string of the molecule is COc1ccccc1N(C[C@@H](O)CN(C)C)S(=O)(=O)c1ccc(C)cc1. The van der Waals surface area contributed by atoms with Gasteiger partial charge in [0.1, 0.15) is 5.75 Å². The van der Waals surface area contributed by atoms with E-state index in [-0.39, 0.29) is 11.4 Å². The molecule has 0 aliphatic rings. The number of aliphatic hydroxyl groups excluding tert-OH is 1. The molecule has 0 saturated carbocycles. The van der Waals surface area contributed by atoms with Crippen molar-refractivity contribution in [3.63, 3.8) is 0 Å². The number of methoxy groups -OCH3 is 1. The van der Waals surface area contributed by atoms with Gasteiger partial charge in [-0.25, -0.2) is 8.42 Å². The molecule has 0 fully saturated rings. The first kappa shape index (κ1) is 20.2. The molecule has 6 nitrogen and oxygen atoms in total. The van der Waals surface area contributed by atoms with Crippen LogP contribution in [0, 0.1) is 6.92 Å². The van der Waals surface area contributed by atoms with Crippen molar-refractivity contribution in [3.8, 4) is 5.75 Å². The Hall–Kier alpha value is -2.09. The molecule has 0 spiro atoms. The van der Waals surface area contributed by atoms with Crippen molar-refractivity contribution in [2.75, 3.05) is 38.6 Å². The Kier molecular flexibility index (Phi) is 6.63. The van der Waals surface area contributed by atoms with Gasteiger partial charge in [-0.15, -0.1) is 0 Å². The van der Waals surface area contributed by atoms with Crippen LogP contribution in [0.15, 0.2) is 53.4 Å². The zero-order valence-corrected chi connectivity index (χ0v) is 16.4. The number of hydrogen-bond donors (Lipinski definition) is 1. The van der Waals surface area contributed by atoms with E-state index < -0.39 is 16.1 Å². The largest absolute Gasteiger partial charge is 0.495 e. The number of para-hydroxylation sites is 2. The highest BCUT2D eigenvalue weighted by Crippen LogP contribution is 2.32. The van der Waals surface area contributed by atoms with Gasteiger partial charge in [0.15, 0.2) is 0 Å². The molecule has 1 atom stereocenters. The second-order valence-electron chi connectivity index (χ2n) is 6.44. The molecule has 0 unspecified atom stereocenters. The van der Waals surface area contributed by atoms with Crippen molar-refractivity contribution in [2.45, 2.75) is 17.9 Å². The molecule has 0 radical (unpaired) electrons. The average Bonchev–Trinajstić information content (AvgIpc) is 2.59. The maximum atomic E-state index is 13.3. The number of sulfonamides is 1. The van der Waals surface area contributed by atoms with Crippen LogP contribution in [0.5, 0.6) is 5.75 Å². The van der Waals surface area contributed by atoms with Crippen molar-refractivity contribution in [1.82, 2.24) is 4.90 Å². The molecule has 26 heavy (non-hydrogen) atoms. The maximum absolute atomic E-state index is 13.3. The molecule has 0 bridgehead atoms. The monoisotopic (exact) mass is 378 g/mol. The predicted octanol–water partition coefficient (Wildman–Crippen LogP) is 2.12. The van der Waals surface area contributed by atoms with Crippen LogP contribution in [0.25, 0.3) is 0 Å². The van der Waals surface area contributed by atoms with Crippen LogP contribution < -0.4 is 9.04 Å². The lowest BCUT2D eigenvalue weighted by atomic mass is 10.2. The Morgan fingerprint density at radius 3 is 2.23 bits per heavy atom. The molecule has 0 aliphatic carbocycles. The van der Waals surface area contributed by atoms with Crippen LogP contribution in [0.3, 0.4) is 0 Å². The number of anilines is 1. The smallest absolute Gasteiger partial charge is 0.264 e. The molecule has 2 rings (SSSR count). The van der Waals surface area contributed by atoms with Crippen LogP contribution in [0.1, 0.15) is 5.56 Å². The maximum Gasteiger partial charge on any atom is 0.264 e. The fraction of sp³-hybridized carbons (Fsp3) is 0.368. The summed E-state index contributed by atoms with van der Waals surface area (Å²) in [6, 6.07) is 13.5.